The Morgan fingerprint density at radius 2 is 2.08 bits per heavy atom. The summed E-state index contributed by atoms with van der Waals surface area (Å²) in [5.41, 5.74) is 1.43. The highest BCUT2D eigenvalue weighted by molar-refractivity contribution is 5.99. The summed E-state index contributed by atoms with van der Waals surface area (Å²) in [5, 5.41) is 7.69. The van der Waals surface area contributed by atoms with E-state index >= 15 is 0 Å². The maximum Gasteiger partial charge on any atom is 0.321 e. The molecule has 2 rings (SSSR count). The molecule has 1 fully saturated rings. The van der Waals surface area contributed by atoms with Crippen LogP contribution in [0.2, 0.25) is 0 Å². The Morgan fingerprint density at radius 3 is 2.79 bits per heavy atom. The number of hydrogen-bond acceptors (Lipinski definition) is 5. The Bertz CT molecular complexity index is 605. The topological polar surface area (TPSA) is 99.8 Å². The van der Waals surface area contributed by atoms with Gasteiger partial charge in [-0.3, -0.25) is 14.9 Å². The number of nitrogens with zero attached hydrogens (tertiary/aromatic N) is 1. The van der Waals surface area contributed by atoms with Crippen molar-refractivity contribution < 1.29 is 19.1 Å². The number of methoxy groups -OCH3 is 1. The largest absolute Gasteiger partial charge is 0.383 e. The smallest absolute Gasteiger partial charge is 0.321 e. The number of anilines is 2. The molecule has 0 saturated carbocycles. The standard InChI is InChI=1S/C16H22N4O4/c1-24-10-8-17-16(23)19-14(21)11-18-12-5-2-3-6-13(12)20-9-4-7-15(20)22/h2-3,5-6,18H,4,7-11H2,1H3,(H2,17,19,21,23). The molecule has 3 N–H and O–H groups in total. The second-order valence-corrected chi connectivity index (χ2v) is 5.32. The third-order valence-electron chi connectivity index (χ3n) is 3.55. The lowest BCUT2D eigenvalue weighted by atomic mass is 10.2. The van der Waals surface area contributed by atoms with Gasteiger partial charge < -0.3 is 20.3 Å². The van der Waals surface area contributed by atoms with Gasteiger partial charge in [0.25, 0.3) is 0 Å². The van der Waals surface area contributed by atoms with E-state index in [9.17, 15) is 14.4 Å². The van der Waals surface area contributed by atoms with E-state index in [-0.39, 0.29) is 12.5 Å². The number of carbonyl (C=O) groups is 3. The zero-order valence-corrected chi connectivity index (χ0v) is 13.6. The number of nitrogens with one attached hydrogen (secondary N) is 3. The van der Waals surface area contributed by atoms with E-state index in [0.717, 1.165) is 12.1 Å². The van der Waals surface area contributed by atoms with Crippen molar-refractivity contribution in [3.05, 3.63) is 24.3 Å². The number of carbonyl (C=O) groups excluding carboxylic acids is 3. The van der Waals surface area contributed by atoms with Crippen LogP contribution in [0.4, 0.5) is 16.2 Å². The highest BCUT2D eigenvalue weighted by Gasteiger charge is 2.23. The third-order valence-corrected chi connectivity index (χ3v) is 3.55. The lowest BCUT2D eigenvalue weighted by Gasteiger charge is -2.20. The molecule has 1 heterocycles. The van der Waals surface area contributed by atoms with Gasteiger partial charge in [0.1, 0.15) is 0 Å². The minimum Gasteiger partial charge on any atom is -0.383 e. The average Bonchev–Trinajstić information content (AvgIpc) is 2.99. The van der Waals surface area contributed by atoms with Gasteiger partial charge in [0.05, 0.1) is 24.5 Å². The Hall–Kier alpha value is -2.61. The van der Waals surface area contributed by atoms with Gasteiger partial charge in [0.2, 0.25) is 11.8 Å². The van der Waals surface area contributed by atoms with Crippen molar-refractivity contribution in [3.63, 3.8) is 0 Å². The minimum atomic E-state index is -0.568. The average molecular weight is 334 g/mol. The van der Waals surface area contributed by atoms with Gasteiger partial charge in [-0.2, -0.15) is 0 Å². The van der Waals surface area contributed by atoms with Crippen LogP contribution in [0.5, 0.6) is 0 Å². The fourth-order valence-corrected chi connectivity index (χ4v) is 2.42. The van der Waals surface area contributed by atoms with Crippen molar-refractivity contribution in [1.82, 2.24) is 10.6 Å². The predicted molar refractivity (Wildman–Crippen MR) is 89.9 cm³/mol. The van der Waals surface area contributed by atoms with Crippen LogP contribution in [0.3, 0.4) is 0 Å². The van der Waals surface area contributed by atoms with Gasteiger partial charge in [0, 0.05) is 26.6 Å². The molecule has 1 saturated heterocycles. The summed E-state index contributed by atoms with van der Waals surface area (Å²) in [6.07, 6.45) is 1.37. The lowest BCUT2D eigenvalue weighted by Crippen LogP contribution is -2.43. The van der Waals surface area contributed by atoms with E-state index in [1.165, 1.54) is 7.11 Å². The molecule has 0 radical (unpaired) electrons. The summed E-state index contributed by atoms with van der Waals surface area (Å²) in [6, 6.07) is 6.73. The zero-order valence-electron chi connectivity index (χ0n) is 13.6. The molecule has 130 valence electrons. The second-order valence-electron chi connectivity index (χ2n) is 5.32. The Labute approximate surface area is 140 Å². The van der Waals surface area contributed by atoms with Crippen LogP contribution in [-0.4, -0.2) is 51.2 Å². The van der Waals surface area contributed by atoms with Gasteiger partial charge >= 0.3 is 6.03 Å². The fourth-order valence-electron chi connectivity index (χ4n) is 2.42. The molecule has 1 aliphatic heterocycles. The first-order valence-electron chi connectivity index (χ1n) is 7.81. The van der Waals surface area contributed by atoms with Crippen molar-refractivity contribution in [2.45, 2.75) is 12.8 Å². The van der Waals surface area contributed by atoms with Crippen LogP contribution < -0.4 is 20.9 Å². The number of urea groups is 1. The van der Waals surface area contributed by atoms with Crippen LogP contribution in [-0.2, 0) is 14.3 Å². The summed E-state index contributed by atoms with van der Waals surface area (Å²) in [7, 11) is 1.53. The van der Waals surface area contributed by atoms with Gasteiger partial charge in [-0.15, -0.1) is 0 Å². The number of hydrogen-bond donors (Lipinski definition) is 3. The summed E-state index contributed by atoms with van der Waals surface area (Å²) < 4.78 is 4.80. The molecule has 1 aliphatic rings. The van der Waals surface area contributed by atoms with Crippen LogP contribution >= 0.6 is 0 Å². The zero-order chi connectivity index (χ0) is 17.4. The van der Waals surface area contributed by atoms with Crippen LogP contribution in [0.1, 0.15) is 12.8 Å². The van der Waals surface area contributed by atoms with Gasteiger partial charge in [-0.25, -0.2) is 4.79 Å². The molecule has 0 spiro atoms. The summed E-state index contributed by atoms with van der Waals surface area (Å²) in [5.74, 6) is -0.390. The van der Waals surface area contributed by atoms with E-state index in [1.807, 2.05) is 18.2 Å². The molecule has 8 nitrogen and oxygen atoms in total. The molecule has 0 bridgehead atoms. The minimum absolute atomic E-state index is 0.0727. The normalized spacial score (nSPS) is 13.7. The number of imide groups is 1. The van der Waals surface area contributed by atoms with Gasteiger partial charge in [-0.05, 0) is 18.6 Å². The van der Waals surface area contributed by atoms with Crippen LogP contribution in [0, 0.1) is 0 Å². The fraction of sp³-hybridized carbons (Fsp3) is 0.438. The highest BCUT2D eigenvalue weighted by Crippen LogP contribution is 2.29. The van der Waals surface area contributed by atoms with Crippen molar-refractivity contribution in [2.75, 3.05) is 43.6 Å². The second kappa shape index (κ2) is 8.88. The van der Waals surface area contributed by atoms with E-state index < -0.39 is 11.9 Å². The van der Waals surface area contributed by atoms with E-state index in [2.05, 4.69) is 16.0 Å². The summed E-state index contributed by atoms with van der Waals surface area (Å²) >= 11 is 0. The number of benzene rings is 1. The van der Waals surface area contributed by atoms with Crippen molar-refractivity contribution in [2.24, 2.45) is 0 Å². The molecule has 0 aliphatic carbocycles. The number of rotatable bonds is 7. The predicted octanol–water partition coefficient (Wildman–Crippen LogP) is 0.697. The summed E-state index contributed by atoms with van der Waals surface area (Å²) in [4.78, 5) is 36.9. The number of ether oxygens (including phenoxy) is 1. The maximum absolute atomic E-state index is 11.9. The molecule has 1 aromatic rings. The van der Waals surface area contributed by atoms with E-state index in [0.29, 0.717) is 31.8 Å². The lowest BCUT2D eigenvalue weighted by molar-refractivity contribution is -0.118. The molecule has 0 atom stereocenters. The first-order chi connectivity index (χ1) is 11.6. The molecule has 8 heteroatoms. The third kappa shape index (κ3) is 4.95. The highest BCUT2D eigenvalue weighted by atomic mass is 16.5. The Balaban J connectivity index is 1.87. The van der Waals surface area contributed by atoms with Crippen molar-refractivity contribution in [1.29, 1.82) is 0 Å². The maximum atomic E-state index is 11.9. The molecule has 0 aromatic heterocycles. The molecule has 0 unspecified atom stereocenters. The van der Waals surface area contributed by atoms with Crippen molar-refractivity contribution in [3.8, 4) is 0 Å². The Morgan fingerprint density at radius 1 is 1.29 bits per heavy atom. The van der Waals surface area contributed by atoms with Crippen LogP contribution in [0.15, 0.2) is 24.3 Å². The first kappa shape index (κ1) is 17.7. The Kier molecular flexibility index (Phi) is 6.56. The van der Waals surface area contributed by atoms with E-state index in [1.54, 1.807) is 11.0 Å². The number of amides is 4. The molecule has 1 aromatic carbocycles. The SMILES string of the molecule is COCCNC(=O)NC(=O)CNc1ccccc1N1CCCC1=O. The van der Waals surface area contributed by atoms with Crippen molar-refractivity contribution >= 4 is 29.2 Å². The van der Waals surface area contributed by atoms with Gasteiger partial charge in [0.15, 0.2) is 0 Å². The first-order valence-corrected chi connectivity index (χ1v) is 7.81. The summed E-state index contributed by atoms with van der Waals surface area (Å²) in [6.45, 7) is 1.29. The molecular formula is C16H22N4O4. The monoisotopic (exact) mass is 334 g/mol. The molecule has 24 heavy (non-hydrogen) atoms. The quantitative estimate of drug-likeness (QED) is 0.637. The number of para-hydroxylation sites is 2. The van der Waals surface area contributed by atoms with Crippen LogP contribution in [0.25, 0.3) is 0 Å². The van der Waals surface area contributed by atoms with Gasteiger partial charge in [-0.1, -0.05) is 12.1 Å². The van der Waals surface area contributed by atoms with E-state index in [4.69, 9.17) is 4.74 Å². The molecule has 4 amide bonds. The molecular weight excluding hydrogens is 312 g/mol.